The molecule has 1 aliphatic heterocycles. The van der Waals surface area contributed by atoms with Gasteiger partial charge in [-0.2, -0.15) is 5.26 Å². The van der Waals surface area contributed by atoms with Crippen LogP contribution in [-0.4, -0.2) is 54.0 Å². The molecule has 1 fully saturated rings. The highest BCUT2D eigenvalue weighted by Gasteiger charge is 2.16. The third kappa shape index (κ3) is 3.55. The minimum atomic E-state index is 0.442. The summed E-state index contributed by atoms with van der Waals surface area (Å²) in [5, 5.41) is 11.6. The van der Waals surface area contributed by atoms with Crippen LogP contribution in [0, 0.1) is 11.3 Å². The van der Waals surface area contributed by atoms with Crippen LogP contribution in [0.4, 0.5) is 11.6 Å². The molecule has 0 atom stereocenters. The molecule has 1 aromatic rings. The summed E-state index contributed by atoms with van der Waals surface area (Å²) in [6, 6.07) is 3.94. The molecule has 2 heterocycles. The van der Waals surface area contributed by atoms with Crippen molar-refractivity contribution in [2.45, 2.75) is 6.42 Å². The molecule has 7 heteroatoms. The number of nitrogens with one attached hydrogen (secondary N) is 1. The van der Waals surface area contributed by atoms with Crippen molar-refractivity contribution in [3.63, 3.8) is 0 Å². The van der Waals surface area contributed by atoms with Gasteiger partial charge in [0.1, 0.15) is 18.0 Å². The first-order valence-corrected chi connectivity index (χ1v) is 6.20. The van der Waals surface area contributed by atoms with Crippen molar-refractivity contribution in [2.75, 3.05) is 42.9 Å². The number of carbonyl (C=O) groups is 1. The van der Waals surface area contributed by atoms with Gasteiger partial charge in [0.25, 0.3) is 0 Å². The molecular weight excluding hydrogens is 244 g/mol. The van der Waals surface area contributed by atoms with E-state index in [4.69, 9.17) is 5.26 Å². The Morgan fingerprint density at radius 1 is 1.37 bits per heavy atom. The maximum absolute atomic E-state index is 10.6. The second-order valence-corrected chi connectivity index (χ2v) is 4.22. The van der Waals surface area contributed by atoms with E-state index < -0.39 is 0 Å². The van der Waals surface area contributed by atoms with Crippen molar-refractivity contribution in [1.82, 2.24) is 14.9 Å². The molecule has 1 saturated heterocycles. The molecule has 0 bridgehead atoms. The molecule has 0 aliphatic carbocycles. The number of rotatable bonds is 5. The Labute approximate surface area is 111 Å². The Bertz CT molecular complexity index is 464. The molecule has 0 unspecified atom stereocenters. The largest absolute Gasteiger partial charge is 0.369 e. The van der Waals surface area contributed by atoms with E-state index in [0.29, 0.717) is 26.1 Å². The molecule has 0 radical (unpaired) electrons. The third-order valence-corrected chi connectivity index (χ3v) is 2.98. The van der Waals surface area contributed by atoms with Gasteiger partial charge in [-0.25, -0.2) is 9.97 Å². The first-order valence-electron chi connectivity index (χ1n) is 6.20. The Morgan fingerprint density at radius 2 is 2.16 bits per heavy atom. The van der Waals surface area contributed by atoms with Crippen LogP contribution >= 0.6 is 0 Å². The molecule has 1 aliphatic rings. The average Bonchev–Trinajstić information content (AvgIpc) is 2.48. The summed E-state index contributed by atoms with van der Waals surface area (Å²) in [4.78, 5) is 22.9. The summed E-state index contributed by atoms with van der Waals surface area (Å²) in [5.41, 5.74) is 0. The topological polar surface area (TPSA) is 85.2 Å². The molecule has 100 valence electrons. The summed E-state index contributed by atoms with van der Waals surface area (Å²) in [6.07, 6.45) is 2.83. The van der Waals surface area contributed by atoms with Gasteiger partial charge in [-0.15, -0.1) is 0 Å². The number of amides is 1. The van der Waals surface area contributed by atoms with Crippen LogP contribution in [0.2, 0.25) is 0 Å². The summed E-state index contributed by atoms with van der Waals surface area (Å²) in [6.45, 7) is 3.54. The van der Waals surface area contributed by atoms with E-state index in [1.165, 1.54) is 6.33 Å². The van der Waals surface area contributed by atoms with Crippen molar-refractivity contribution in [1.29, 1.82) is 5.26 Å². The summed E-state index contributed by atoms with van der Waals surface area (Å²) in [5.74, 6) is 1.57. The van der Waals surface area contributed by atoms with Crippen LogP contribution in [-0.2, 0) is 4.79 Å². The maximum atomic E-state index is 10.6. The fourth-order valence-electron chi connectivity index (χ4n) is 1.92. The van der Waals surface area contributed by atoms with Crippen molar-refractivity contribution in [3.8, 4) is 6.07 Å². The lowest BCUT2D eigenvalue weighted by Crippen LogP contribution is -2.46. The SMILES string of the molecule is N#CCCNc1cc(N2CCN(C=O)CC2)ncn1. The molecule has 0 spiro atoms. The Hall–Kier alpha value is -2.36. The fraction of sp³-hybridized carbons (Fsp3) is 0.500. The molecule has 1 amide bonds. The van der Waals surface area contributed by atoms with Gasteiger partial charge >= 0.3 is 0 Å². The first kappa shape index (κ1) is 13.1. The van der Waals surface area contributed by atoms with E-state index in [0.717, 1.165) is 31.1 Å². The highest BCUT2D eigenvalue weighted by Crippen LogP contribution is 2.15. The van der Waals surface area contributed by atoms with E-state index in [2.05, 4.69) is 26.3 Å². The van der Waals surface area contributed by atoms with Crippen LogP contribution in [0.25, 0.3) is 0 Å². The van der Waals surface area contributed by atoms with Gasteiger partial charge in [-0.05, 0) is 0 Å². The summed E-state index contributed by atoms with van der Waals surface area (Å²) < 4.78 is 0. The minimum absolute atomic E-state index is 0.442. The number of piperazine rings is 1. The van der Waals surface area contributed by atoms with Crippen LogP contribution in [0.15, 0.2) is 12.4 Å². The fourth-order valence-corrected chi connectivity index (χ4v) is 1.92. The standard InChI is InChI=1S/C12H16N6O/c13-2-1-3-14-11-8-12(16-9-15-11)18-6-4-17(10-19)5-7-18/h8-10H,1,3-7H2,(H,14,15,16). The van der Waals surface area contributed by atoms with Gasteiger partial charge in [-0.3, -0.25) is 4.79 Å². The predicted molar refractivity (Wildman–Crippen MR) is 70.6 cm³/mol. The van der Waals surface area contributed by atoms with Gasteiger partial charge in [0, 0.05) is 38.8 Å². The number of aromatic nitrogens is 2. The summed E-state index contributed by atoms with van der Waals surface area (Å²) >= 11 is 0. The summed E-state index contributed by atoms with van der Waals surface area (Å²) in [7, 11) is 0. The van der Waals surface area contributed by atoms with Gasteiger partial charge in [0.05, 0.1) is 12.5 Å². The second-order valence-electron chi connectivity index (χ2n) is 4.22. The molecule has 1 N–H and O–H groups in total. The van der Waals surface area contributed by atoms with Crippen molar-refractivity contribution in [3.05, 3.63) is 12.4 Å². The second kappa shape index (κ2) is 6.54. The van der Waals surface area contributed by atoms with Gasteiger partial charge in [-0.1, -0.05) is 0 Å². The van der Waals surface area contributed by atoms with Crippen LogP contribution in [0.5, 0.6) is 0 Å². The van der Waals surface area contributed by atoms with Crippen LogP contribution < -0.4 is 10.2 Å². The smallest absolute Gasteiger partial charge is 0.209 e. The Balaban J connectivity index is 1.95. The molecule has 2 rings (SSSR count). The van der Waals surface area contributed by atoms with E-state index >= 15 is 0 Å². The van der Waals surface area contributed by atoms with Gasteiger partial charge in [0.2, 0.25) is 6.41 Å². The number of hydrogen-bond acceptors (Lipinski definition) is 6. The first-order chi connectivity index (χ1) is 9.33. The Kier molecular flexibility index (Phi) is 4.50. The molecule has 7 nitrogen and oxygen atoms in total. The predicted octanol–water partition coefficient (Wildman–Crippen LogP) is 0.0806. The Morgan fingerprint density at radius 3 is 2.84 bits per heavy atom. The zero-order valence-corrected chi connectivity index (χ0v) is 10.6. The monoisotopic (exact) mass is 260 g/mol. The zero-order valence-electron chi connectivity index (χ0n) is 10.6. The van der Waals surface area contributed by atoms with Crippen LogP contribution in [0.1, 0.15) is 6.42 Å². The van der Waals surface area contributed by atoms with Crippen LogP contribution in [0.3, 0.4) is 0 Å². The minimum Gasteiger partial charge on any atom is -0.369 e. The third-order valence-electron chi connectivity index (χ3n) is 2.98. The average molecular weight is 260 g/mol. The lowest BCUT2D eigenvalue weighted by molar-refractivity contribution is -0.118. The number of carbonyl (C=O) groups excluding carboxylic acids is 1. The number of hydrogen-bond donors (Lipinski definition) is 1. The molecule has 19 heavy (non-hydrogen) atoms. The maximum Gasteiger partial charge on any atom is 0.209 e. The number of nitrogens with zero attached hydrogens (tertiary/aromatic N) is 5. The van der Waals surface area contributed by atoms with Crippen molar-refractivity contribution < 1.29 is 4.79 Å². The van der Waals surface area contributed by atoms with E-state index in [1.54, 1.807) is 4.90 Å². The molecule has 0 aromatic carbocycles. The molecule has 0 saturated carbocycles. The highest BCUT2D eigenvalue weighted by atomic mass is 16.1. The lowest BCUT2D eigenvalue weighted by Gasteiger charge is -2.33. The zero-order chi connectivity index (χ0) is 13.5. The highest BCUT2D eigenvalue weighted by molar-refractivity contribution is 5.51. The van der Waals surface area contributed by atoms with E-state index in [1.807, 2.05) is 6.07 Å². The lowest BCUT2D eigenvalue weighted by atomic mass is 10.3. The van der Waals surface area contributed by atoms with Crippen molar-refractivity contribution >= 4 is 18.0 Å². The normalized spacial score (nSPS) is 14.9. The number of nitriles is 1. The van der Waals surface area contributed by atoms with Gasteiger partial charge < -0.3 is 15.1 Å². The van der Waals surface area contributed by atoms with Gasteiger partial charge in [0.15, 0.2) is 0 Å². The van der Waals surface area contributed by atoms with Crippen molar-refractivity contribution in [2.24, 2.45) is 0 Å². The quantitative estimate of drug-likeness (QED) is 0.596. The number of anilines is 2. The molecular formula is C12H16N6O. The van der Waals surface area contributed by atoms with E-state index in [-0.39, 0.29) is 0 Å². The van der Waals surface area contributed by atoms with E-state index in [9.17, 15) is 4.79 Å². The molecule has 1 aromatic heterocycles.